The summed E-state index contributed by atoms with van der Waals surface area (Å²) in [5.41, 5.74) is 0.824. The first kappa shape index (κ1) is 15.5. The highest BCUT2D eigenvalue weighted by molar-refractivity contribution is 6.00. The van der Waals surface area contributed by atoms with Gasteiger partial charge in [0.2, 0.25) is 17.7 Å². The Morgan fingerprint density at radius 2 is 1.61 bits per heavy atom. The molecule has 1 saturated carbocycles. The number of carbonyl (C=O) groups excluding carboxylic acids is 3. The fourth-order valence-corrected chi connectivity index (χ4v) is 2.75. The molecular weight excluding hydrogens is 294 g/mol. The van der Waals surface area contributed by atoms with E-state index in [-0.39, 0.29) is 36.0 Å². The van der Waals surface area contributed by atoms with E-state index in [2.05, 4.69) is 10.6 Å². The van der Waals surface area contributed by atoms with Crippen molar-refractivity contribution in [1.29, 1.82) is 0 Å². The highest BCUT2D eigenvalue weighted by Crippen LogP contribution is 2.28. The van der Waals surface area contributed by atoms with Gasteiger partial charge in [-0.15, -0.1) is 0 Å². The van der Waals surface area contributed by atoms with Crippen LogP contribution in [-0.2, 0) is 14.4 Å². The van der Waals surface area contributed by atoms with E-state index in [0.29, 0.717) is 19.6 Å². The molecule has 6 nitrogen and oxygen atoms in total. The average Bonchev–Trinajstić information content (AvgIpc) is 3.34. The highest BCUT2D eigenvalue weighted by Gasteiger charge is 2.35. The Bertz CT molecular complexity index is 598. The van der Waals surface area contributed by atoms with Gasteiger partial charge in [-0.2, -0.15) is 0 Å². The molecule has 3 amide bonds. The normalized spacial score (nSPS) is 20.4. The van der Waals surface area contributed by atoms with E-state index < -0.39 is 0 Å². The molecule has 0 aromatic heterocycles. The van der Waals surface area contributed by atoms with E-state index in [0.717, 1.165) is 18.5 Å². The van der Waals surface area contributed by atoms with Crippen LogP contribution in [0.4, 0.5) is 5.69 Å². The molecule has 0 spiro atoms. The number of benzene rings is 1. The monoisotopic (exact) mass is 315 g/mol. The van der Waals surface area contributed by atoms with Crippen LogP contribution in [0.3, 0.4) is 0 Å². The molecule has 1 saturated heterocycles. The maximum Gasteiger partial charge on any atom is 0.227 e. The number of hydrogen-bond donors (Lipinski definition) is 2. The third-order valence-corrected chi connectivity index (χ3v) is 4.24. The first-order valence-electron chi connectivity index (χ1n) is 8.06. The van der Waals surface area contributed by atoms with Gasteiger partial charge in [-0.05, 0) is 25.0 Å². The molecule has 23 heavy (non-hydrogen) atoms. The standard InChI is InChI=1S/C17H21N3O3/c21-15-10-13(11-20(15)14-4-2-1-3-5-14)17(23)19-9-8-18-16(22)12-6-7-12/h1-5,12-13H,6-11H2,(H,18,22)(H,19,23)/t13-/m1/s1. The summed E-state index contributed by atoms with van der Waals surface area (Å²) in [7, 11) is 0. The van der Waals surface area contributed by atoms with Crippen molar-refractivity contribution in [1.82, 2.24) is 10.6 Å². The van der Waals surface area contributed by atoms with Gasteiger partial charge in [0.25, 0.3) is 0 Å². The predicted molar refractivity (Wildman–Crippen MR) is 85.6 cm³/mol. The molecule has 0 unspecified atom stereocenters. The van der Waals surface area contributed by atoms with Crippen molar-refractivity contribution in [2.24, 2.45) is 11.8 Å². The lowest BCUT2D eigenvalue weighted by Crippen LogP contribution is -2.38. The summed E-state index contributed by atoms with van der Waals surface area (Å²) in [6, 6.07) is 9.37. The quantitative estimate of drug-likeness (QED) is 0.758. The van der Waals surface area contributed by atoms with Crippen molar-refractivity contribution in [2.75, 3.05) is 24.5 Å². The number of rotatable bonds is 6. The van der Waals surface area contributed by atoms with Crippen molar-refractivity contribution in [3.8, 4) is 0 Å². The minimum atomic E-state index is -0.332. The van der Waals surface area contributed by atoms with Gasteiger partial charge in [-0.1, -0.05) is 18.2 Å². The second-order valence-electron chi connectivity index (χ2n) is 6.10. The summed E-state index contributed by atoms with van der Waals surface area (Å²) >= 11 is 0. The molecule has 0 bridgehead atoms. The summed E-state index contributed by atoms with van der Waals surface area (Å²) < 4.78 is 0. The molecule has 1 aromatic carbocycles. The molecule has 1 heterocycles. The maximum absolute atomic E-state index is 12.2. The molecule has 6 heteroatoms. The zero-order valence-electron chi connectivity index (χ0n) is 13.0. The molecule has 122 valence electrons. The van der Waals surface area contributed by atoms with Crippen LogP contribution in [0.25, 0.3) is 0 Å². The molecule has 1 aromatic rings. The number of hydrogen-bond acceptors (Lipinski definition) is 3. The Morgan fingerprint density at radius 1 is 1.00 bits per heavy atom. The first-order valence-corrected chi connectivity index (χ1v) is 8.06. The van der Waals surface area contributed by atoms with E-state index >= 15 is 0 Å². The smallest absolute Gasteiger partial charge is 0.227 e. The third-order valence-electron chi connectivity index (χ3n) is 4.24. The molecule has 0 radical (unpaired) electrons. The van der Waals surface area contributed by atoms with Crippen molar-refractivity contribution < 1.29 is 14.4 Å². The Hall–Kier alpha value is -2.37. The lowest BCUT2D eigenvalue weighted by atomic mass is 10.1. The minimum Gasteiger partial charge on any atom is -0.354 e. The van der Waals surface area contributed by atoms with E-state index in [1.165, 1.54) is 0 Å². The van der Waals surface area contributed by atoms with Crippen LogP contribution >= 0.6 is 0 Å². The predicted octanol–water partition coefficient (Wildman–Crippen LogP) is 0.682. The molecular formula is C17H21N3O3. The summed E-state index contributed by atoms with van der Waals surface area (Å²) in [5, 5.41) is 5.60. The van der Waals surface area contributed by atoms with Gasteiger partial charge < -0.3 is 15.5 Å². The third kappa shape index (κ3) is 3.88. The fraction of sp³-hybridized carbons (Fsp3) is 0.471. The maximum atomic E-state index is 12.2. The lowest BCUT2D eigenvalue weighted by Gasteiger charge is -2.16. The number of nitrogens with one attached hydrogen (secondary N) is 2. The van der Waals surface area contributed by atoms with Gasteiger partial charge in [-0.25, -0.2) is 0 Å². The Kier molecular flexibility index (Phi) is 4.60. The van der Waals surface area contributed by atoms with Gasteiger partial charge in [0, 0.05) is 37.7 Å². The van der Waals surface area contributed by atoms with Crippen LogP contribution in [0, 0.1) is 11.8 Å². The Labute approximate surface area is 135 Å². The lowest BCUT2D eigenvalue weighted by molar-refractivity contribution is -0.126. The van der Waals surface area contributed by atoms with E-state index in [9.17, 15) is 14.4 Å². The topological polar surface area (TPSA) is 78.5 Å². The van der Waals surface area contributed by atoms with E-state index in [1.807, 2.05) is 30.3 Å². The summed E-state index contributed by atoms with van der Waals surface area (Å²) in [5.74, 6) is -0.235. The fourth-order valence-electron chi connectivity index (χ4n) is 2.75. The minimum absolute atomic E-state index is 0.0293. The average molecular weight is 315 g/mol. The number of amides is 3. The molecule has 2 aliphatic rings. The van der Waals surface area contributed by atoms with Gasteiger partial charge in [-0.3, -0.25) is 14.4 Å². The van der Waals surface area contributed by atoms with Crippen LogP contribution in [-0.4, -0.2) is 37.4 Å². The second kappa shape index (κ2) is 6.81. The molecule has 1 atom stereocenters. The largest absolute Gasteiger partial charge is 0.354 e. The van der Waals surface area contributed by atoms with E-state index in [4.69, 9.17) is 0 Å². The van der Waals surface area contributed by atoms with Gasteiger partial charge in [0.1, 0.15) is 0 Å². The number of para-hydroxylation sites is 1. The van der Waals surface area contributed by atoms with Crippen LogP contribution in [0.5, 0.6) is 0 Å². The van der Waals surface area contributed by atoms with Crippen LogP contribution < -0.4 is 15.5 Å². The second-order valence-corrected chi connectivity index (χ2v) is 6.10. The highest BCUT2D eigenvalue weighted by atomic mass is 16.2. The van der Waals surface area contributed by atoms with Crippen LogP contribution in [0.15, 0.2) is 30.3 Å². The van der Waals surface area contributed by atoms with Gasteiger partial charge in [0.05, 0.1) is 5.92 Å². The molecule has 2 N–H and O–H groups in total. The van der Waals surface area contributed by atoms with Crippen LogP contribution in [0.1, 0.15) is 19.3 Å². The molecule has 3 rings (SSSR count). The summed E-state index contributed by atoms with van der Waals surface area (Å²) in [6.45, 7) is 1.24. The zero-order chi connectivity index (χ0) is 16.2. The number of anilines is 1. The molecule has 2 fully saturated rings. The Morgan fingerprint density at radius 3 is 2.22 bits per heavy atom. The summed E-state index contributed by atoms with van der Waals surface area (Å²) in [4.78, 5) is 37.4. The number of carbonyl (C=O) groups is 3. The first-order chi connectivity index (χ1) is 11.1. The number of nitrogens with zero attached hydrogens (tertiary/aromatic N) is 1. The molecule has 1 aliphatic carbocycles. The van der Waals surface area contributed by atoms with Crippen molar-refractivity contribution in [3.05, 3.63) is 30.3 Å². The zero-order valence-corrected chi connectivity index (χ0v) is 13.0. The summed E-state index contributed by atoms with van der Waals surface area (Å²) in [6.07, 6.45) is 2.17. The van der Waals surface area contributed by atoms with Gasteiger partial charge >= 0.3 is 0 Å². The van der Waals surface area contributed by atoms with Crippen molar-refractivity contribution in [3.63, 3.8) is 0 Å². The van der Waals surface area contributed by atoms with Crippen molar-refractivity contribution in [2.45, 2.75) is 19.3 Å². The molecule has 1 aliphatic heterocycles. The SMILES string of the molecule is O=C(NCCNC(=O)[C@@H]1CC(=O)N(c2ccccc2)C1)C1CC1. The van der Waals surface area contributed by atoms with Crippen LogP contribution in [0.2, 0.25) is 0 Å². The Balaban J connectivity index is 1.43. The van der Waals surface area contributed by atoms with E-state index in [1.54, 1.807) is 4.90 Å². The van der Waals surface area contributed by atoms with Gasteiger partial charge in [0.15, 0.2) is 0 Å². The van der Waals surface area contributed by atoms with Crippen molar-refractivity contribution >= 4 is 23.4 Å².